The Balaban J connectivity index is 1.63. The molecule has 0 aliphatic carbocycles. The molecule has 0 spiro atoms. The molecule has 6 heteroatoms. The number of hydrogen-bond acceptors (Lipinski definition) is 5. The first kappa shape index (κ1) is 16.1. The molecular formula is C18H18N2O4. The van der Waals surface area contributed by atoms with Gasteiger partial charge in [-0.2, -0.15) is 5.26 Å². The molecule has 1 saturated heterocycles. The number of hydrogen-bond donors (Lipinski definition) is 0. The number of carbonyl (C=O) groups excluding carboxylic acids is 1. The summed E-state index contributed by atoms with van der Waals surface area (Å²) in [4.78, 5) is 14.2. The third-order valence-corrected chi connectivity index (χ3v) is 3.78. The maximum Gasteiger partial charge on any atom is 0.289 e. The first-order valence-electron chi connectivity index (χ1n) is 7.79. The highest BCUT2D eigenvalue weighted by molar-refractivity contribution is 5.91. The van der Waals surface area contributed by atoms with E-state index in [-0.39, 0.29) is 24.4 Å². The second kappa shape index (κ2) is 7.20. The number of carbonyl (C=O) groups is 1. The molecule has 124 valence electrons. The molecule has 0 bridgehead atoms. The van der Waals surface area contributed by atoms with E-state index in [0.717, 1.165) is 0 Å². The summed E-state index contributed by atoms with van der Waals surface area (Å²) in [6.45, 7) is 3.75. The van der Waals surface area contributed by atoms with Gasteiger partial charge in [0.15, 0.2) is 5.76 Å². The Morgan fingerprint density at radius 1 is 1.38 bits per heavy atom. The molecule has 1 aromatic carbocycles. The van der Waals surface area contributed by atoms with Crippen LogP contribution in [0.4, 0.5) is 0 Å². The van der Waals surface area contributed by atoms with Crippen LogP contribution in [-0.2, 0) is 11.3 Å². The molecule has 2 heterocycles. The quantitative estimate of drug-likeness (QED) is 0.863. The van der Waals surface area contributed by atoms with Gasteiger partial charge in [0.1, 0.15) is 24.2 Å². The third-order valence-electron chi connectivity index (χ3n) is 3.78. The molecule has 6 nitrogen and oxygen atoms in total. The van der Waals surface area contributed by atoms with Crippen molar-refractivity contribution in [2.75, 3.05) is 19.7 Å². The SMILES string of the molecule is CC1CN(C(=O)c2ccc(COc3ccccc3C#N)o2)CCO1. The molecule has 1 aliphatic heterocycles. The molecule has 3 rings (SSSR count). The van der Waals surface area contributed by atoms with Gasteiger partial charge in [-0.15, -0.1) is 0 Å². The number of rotatable bonds is 4. The van der Waals surface area contributed by atoms with E-state index in [1.54, 1.807) is 41.3 Å². The number of furan rings is 1. The number of amides is 1. The zero-order valence-electron chi connectivity index (χ0n) is 13.4. The Morgan fingerprint density at radius 3 is 3.00 bits per heavy atom. The molecule has 1 atom stereocenters. The van der Waals surface area contributed by atoms with Crippen LogP contribution in [0.3, 0.4) is 0 Å². The lowest BCUT2D eigenvalue weighted by atomic mass is 10.2. The molecule has 1 amide bonds. The van der Waals surface area contributed by atoms with E-state index in [1.165, 1.54) is 0 Å². The second-order valence-corrected chi connectivity index (χ2v) is 5.60. The zero-order chi connectivity index (χ0) is 16.9. The van der Waals surface area contributed by atoms with Crippen molar-refractivity contribution in [3.63, 3.8) is 0 Å². The van der Waals surface area contributed by atoms with E-state index in [0.29, 0.717) is 36.8 Å². The Labute approximate surface area is 140 Å². The van der Waals surface area contributed by atoms with E-state index in [9.17, 15) is 4.79 Å². The highest BCUT2D eigenvalue weighted by Gasteiger charge is 2.24. The summed E-state index contributed by atoms with van der Waals surface area (Å²) in [5.41, 5.74) is 0.461. The summed E-state index contributed by atoms with van der Waals surface area (Å²) < 4.78 is 16.6. The topological polar surface area (TPSA) is 75.7 Å². The predicted molar refractivity (Wildman–Crippen MR) is 85.5 cm³/mol. The fourth-order valence-corrected chi connectivity index (χ4v) is 2.56. The molecule has 1 aromatic heterocycles. The number of nitriles is 1. The van der Waals surface area contributed by atoms with Crippen LogP contribution in [0.1, 0.15) is 28.8 Å². The minimum absolute atomic E-state index is 0.0305. The molecule has 0 N–H and O–H groups in total. The zero-order valence-corrected chi connectivity index (χ0v) is 13.4. The standard InChI is InChI=1S/C18H18N2O4/c1-13-11-20(8-9-22-13)18(21)17-7-6-15(24-17)12-23-16-5-3-2-4-14(16)10-19/h2-7,13H,8-9,11-12H2,1H3. The van der Waals surface area contributed by atoms with Gasteiger partial charge in [0.05, 0.1) is 18.3 Å². The number of ether oxygens (including phenoxy) is 2. The fraction of sp³-hybridized carbons (Fsp3) is 0.333. The smallest absolute Gasteiger partial charge is 0.289 e. The van der Waals surface area contributed by atoms with Crippen molar-refractivity contribution >= 4 is 5.91 Å². The van der Waals surface area contributed by atoms with Crippen molar-refractivity contribution < 1.29 is 18.7 Å². The lowest BCUT2D eigenvalue weighted by molar-refractivity contribution is -0.0135. The van der Waals surface area contributed by atoms with Gasteiger partial charge in [-0.25, -0.2) is 0 Å². The van der Waals surface area contributed by atoms with E-state index >= 15 is 0 Å². The van der Waals surface area contributed by atoms with Gasteiger partial charge in [0, 0.05) is 13.1 Å². The van der Waals surface area contributed by atoms with Gasteiger partial charge in [-0.3, -0.25) is 4.79 Å². The number of morpholine rings is 1. The fourth-order valence-electron chi connectivity index (χ4n) is 2.56. The summed E-state index contributed by atoms with van der Waals surface area (Å²) in [5.74, 6) is 1.17. The van der Waals surface area contributed by atoms with Gasteiger partial charge in [-0.1, -0.05) is 12.1 Å². The minimum atomic E-state index is -0.145. The highest BCUT2D eigenvalue weighted by atomic mass is 16.5. The number of para-hydroxylation sites is 1. The Morgan fingerprint density at radius 2 is 2.21 bits per heavy atom. The number of benzene rings is 1. The van der Waals surface area contributed by atoms with Crippen molar-refractivity contribution in [1.82, 2.24) is 4.90 Å². The summed E-state index contributed by atoms with van der Waals surface area (Å²) in [6, 6.07) is 12.4. The summed E-state index contributed by atoms with van der Waals surface area (Å²) >= 11 is 0. The normalized spacial score (nSPS) is 17.3. The maximum absolute atomic E-state index is 12.4. The van der Waals surface area contributed by atoms with Crippen LogP contribution in [0, 0.1) is 11.3 Å². The van der Waals surface area contributed by atoms with Crippen LogP contribution < -0.4 is 4.74 Å². The Bertz CT molecular complexity index is 762. The number of nitrogens with zero attached hydrogens (tertiary/aromatic N) is 2. The monoisotopic (exact) mass is 326 g/mol. The average molecular weight is 326 g/mol. The molecule has 1 unspecified atom stereocenters. The van der Waals surface area contributed by atoms with Crippen molar-refractivity contribution in [2.24, 2.45) is 0 Å². The average Bonchev–Trinajstić information content (AvgIpc) is 3.08. The minimum Gasteiger partial charge on any atom is -0.484 e. The van der Waals surface area contributed by atoms with E-state index in [4.69, 9.17) is 19.2 Å². The summed E-state index contributed by atoms with van der Waals surface area (Å²) in [5, 5.41) is 9.04. The van der Waals surface area contributed by atoms with E-state index in [2.05, 4.69) is 6.07 Å². The van der Waals surface area contributed by atoms with Crippen LogP contribution in [0.25, 0.3) is 0 Å². The van der Waals surface area contributed by atoms with E-state index < -0.39 is 0 Å². The highest BCUT2D eigenvalue weighted by Crippen LogP contribution is 2.19. The first-order valence-corrected chi connectivity index (χ1v) is 7.79. The molecule has 24 heavy (non-hydrogen) atoms. The maximum atomic E-state index is 12.4. The summed E-state index contributed by atoms with van der Waals surface area (Å²) in [6.07, 6.45) is 0.0305. The van der Waals surface area contributed by atoms with Crippen molar-refractivity contribution in [1.29, 1.82) is 5.26 Å². The molecule has 2 aromatic rings. The van der Waals surface area contributed by atoms with Gasteiger partial charge >= 0.3 is 0 Å². The largest absolute Gasteiger partial charge is 0.484 e. The second-order valence-electron chi connectivity index (χ2n) is 5.60. The van der Waals surface area contributed by atoms with Gasteiger partial charge in [-0.05, 0) is 31.2 Å². The van der Waals surface area contributed by atoms with E-state index in [1.807, 2.05) is 6.92 Å². The molecule has 1 fully saturated rings. The molecule has 0 saturated carbocycles. The lowest BCUT2D eigenvalue weighted by Gasteiger charge is -2.30. The van der Waals surface area contributed by atoms with Crippen molar-refractivity contribution in [3.05, 3.63) is 53.5 Å². The van der Waals surface area contributed by atoms with Crippen LogP contribution in [0.2, 0.25) is 0 Å². The molecule has 0 radical (unpaired) electrons. The lowest BCUT2D eigenvalue weighted by Crippen LogP contribution is -2.44. The Hall–Kier alpha value is -2.78. The van der Waals surface area contributed by atoms with Crippen LogP contribution in [-0.4, -0.2) is 36.6 Å². The Kier molecular flexibility index (Phi) is 4.82. The first-order chi connectivity index (χ1) is 11.7. The van der Waals surface area contributed by atoms with Gasteiger partial charge in [0.25, 0.3) is 5.91 Å². The summed E-state index contributed by atoms with van der Waals surface area (Å²) in [7, 11) is 0. The predicted octanol–water partition coefficient (Wildman–Crippen LogP) is 2.59. The van der Waals surface area contributed by atoms with Crippen molar-refractivity contribution in [2.45, 2.75) is 19.6 Å². The van der Waals surface area contributed by atoms with Gasteiger partial charge < -0.3 is 18.8 Å². The van der Waals surface area contributed by atoms with Crippen LogP contribution in [0.5, 0.6) is 5.75 Å². The molecular weight excluding hydrogens is 308 g/mol. The molecule has 1 aliphatic rings. The van der Waals surface area contributed by atoms with Crippen LogP contribution in [0.15, 0.2) is 40.8 Å². The van der Waals surface area contributed by atoms with Crippen LogP contribution >= 0.6 is 0 Å². The van der Waals surface area contributed by atoms with Crippen molar-refractivity contribution in [3.8, 4) is 11.8 Å². The van der Waals surface area contributed by atoms with Gasteiger partial charge in [0.2, 0.25) is 0 Å². The third kappa shape index (κ3) is 3.58.